The molecule has 38 heavy (non-hydrogen) atoms. The van der Waals surface area contributed by atoms with Crippen LogP contribution in [0.3, 0.4) is 0 Å². The predicted molar refractivity (Wildman–Crippen MR) is 154 cm³/mol. The number of nitrogens with one attached hydrogen (secondary N) is 1. The molecule has 188 valence electrons. The van der Waals surface area contributed by atoms with E-state index in [9.17, 15) is 4.39 Å². The fourth-order valence-corrected chi connectivity index (χ4v) is 5.19. The van der Waals surface area contributed by atoms with E-state index in [2.05, 4.69) is 53.2 Å². The molecule has 9 heteroatoms. The molecule has 0 aliphatic rings. The van der Waals surface area contributed by atoms with E-state index in [0.29, 0.717) is 13.1 Å². The van der Waals surface area contributed by atoms with Crippen LogP contribution in [-0.4, -0.2) is 32.7 Å². The van der Waals surface area contributed by atoms with Crippen molar-refractivity contribution in [2.24, 2.45) is 0 Å². The number of rotatable bonds is 7. The minimum atomic E-state index is -0.239. The monoisotopic (exact) mass is 615 g/mol. The van der Waals surface area contributed by atoms with Crippen molar-refractivity contribution in [3.05, 3.63) is 114 Å². The molecule has 0 spiro atoms. The summed E-state index contributed by atoms with van der Waals surface area (Å²) in [7, 11) is 0. The van der Waals surface area contributed by atoms with Gasteiger partial charge in [-0.1, -0.05) is 42.5 Å². The normalized spacial score (nSPS) is 11.5. The lowest BCUT2D eigenvalue weighted by Gasteiger charge is -2.16. The number of nitrogens with zero attached hydrogens (tertiary/aromatic N) is 6. The second kappa shape index (κ2) is 10.4. The molecule has 1 N–H and O–H groups in total. The van der Waals surface area contributed by atoms with E-state index >= 15 is 0 Å². The number of halogens is 2. The molecule has 0 radical (unpaired) electrons. The molecule has 0 fully saturated rings. The molecule has 0 saturated heterocycles. The first kappa shape index (κ1) is 24.4. The number of aromatic nitrogens is 6. The van der Waals surface area contributed by atoms with Crippen molar-refractivity contribution in [1.29, 1.82) is 0 Å². The van der Waals surface area contributed by atoms with Crippen molar-refractivity contribution in [2.45, 2.75) is 20.0 Å². The summed E-state index contributed by atoms with van der Waals surface area (Å²) >= 11 is 2.33. The molecule has 0 bridgehead atoms. The quantitative estimate of drug-likeness (QED) is 0.161. The number of imidazole rings is 1. The maximum absolute atomic E-state index is 13.5. The second-order valence-electron chi connectivity index (χ2n) is 8.99. The van der Waals surface area contributed by atoms with Crippen LogP contribution in [0.15, 0.2) is 91.4 Å². The van der Waals surface area contributed by atoms with Crippen LogP contribution in [0.5, 0.6) is 0 Å². The van der Waals surface area contributed by atoms with Gasteiger partial charge >= 0.3 is 0 Å². The third-order valence-corrected chi connectivity index (χ3v) is 6.96. The van der Waals surface area contributed by atoms with Crippen LogP contribution in [0.25, 0.3) is 39.4 Å². The van der Waals surface area contributed by atoms with Gasteiger partial charge in [0.1, 0.15) is 18.0 Å². The van der Waals surface area contributed by atoms with Crippen molar-refractivity contribution >= 4 is 28.5 Å². The van der Waals surface area contributed by atoms with Crippen molar-refractivity contribution in [3.8, 4) is 33.8 Å². The van der Waals surface area contributed by atoms with Gasteiger partial charge in [-0.25, -0.2) is 22.0 Å². The lowest BCUT2D eigenvalue weighted by Crippen LogP contribution is -2.12. The molecule has 2 aromatic carbocycles. The van der Waals surface area contributed by atoms with E-state index in [1.165, 1.54) is 18.5 Å². The zero-order valence-electron chi connectivity index (χ0n) is 20.5. The van der Waals surface area contributed by atoms with E-state index in [-0.39, 0.29) is 5.82 Å². The maximum atomic E-state index is 13.5. The number of benzene rings is 2. The highest BCUT2D eigenvalue weighted by molar-refractivity contribution is 14.1. The van der Waals surface area contributed by atoms with Gasteiger partial charge in [-0.3, -0.25) is 4.98 Å². The van der Waals surface area contributed by atoms with Crippen LogP contribution in [0, 0.1) is 12.7 Å². The van der Waals surface area contributed by atoms with Gasteiger partial charge < -0.3 is 4.98 Å². The molecule has 0 saturated carbocycles. The van der Waals surface area contributed by atoms with E-state index in [0.717, 1.165) is 56.5 Å². The standard InChI is InChI=1S/C29H23FIN7/c1-19-5-4-8-25(34-19)29-28(22-11-14-27-32-18-33-38(27)16-22)35-26(36-29)17-37(31)15-21-6-2-3-7-24(21)20-9-12-23(30)13-10-20/h2-14,16,18H,15,17H2,1H3,(H,35,36). The molecule has 0 atom stereocenters. The van der Waals surface area contributed by atoms with Crippen LogP contribution >= 0.6 is 22.9 Å². The molecule has 6 rings (SSSR count). The average molecular weight is 615 g/mol. The summed E-state index contributed by atoms with van der Waals surface area (Å²) in [4.78, 5) is 17.5. The second-order valence-corrected chi connectivity index (χ2v) is 10.4. The highest BCUT2D eigenvalue weighted by Crippen LogP contribution is 2.31. The molecule has 0 aliphatic carbocycles. The summed E-state index contributed by atoms with van der Waals surface area (Å²) in [5.74, 6) is 0.586. The zero-order valence-corrected chi connectivity index (χ0v) is 22.7. The zero-order chi connectivity index (χ0) is 26.1. The Kier molecular flexibility index (Phi) is 6.69. The van der Waals surface area contributed by atoms with Crippen LogP contribution in [0.2, 0.25) is 0 Å². The first-order chi connectivity index (χ1) is 18.5. The number of aromatic amines is 1. The number of hydrogen-bond acceptors (Lipinski definition) is 5. The highest BCUT2D eigenvalue weighted by atomic mass is 127. The van der Waals surface area contributed by atoms with E-state index in [1.54, 1.807) is 4.52 Å². The van der Waals surface area contributed by atoms with Gasteiger partial charge in [0.2, 0.25) is 0 Å². The lowest BCUT2D eigenvalue weighted by atomic mass is 9.99. The van der Waals surface area contributed by atoms with Gasteiger partial charge in [-0.15, -0.1) is 0 Å². The van der Waals surface area contributed by atoms with Crippen molar-refractivity contribution in [3.63, 3.8) is 0 Å². The largest absolute Gasteiger partial charge is 0.339 e. The van der Waals surface area contributed by atoms with Crippen molar-refractivity contribution in [2.75, 3.05) is 0 Å². The van der Waals surface area contributed by atoms with Crippen molar-refractivity contribution in [1.82, 2.24) is 32.7 Å². The maximum Gasteiger partial charge on any atom is 0.155 e. The van der Waals surface area contributed by atoms with Gasteiger partial charge in [-0.05, 0) is 60.0 Å². The molecule has 7 nitrogen and oxygen atoms in total. The fraction of sp³-hybridized carbons (Fsp3) is 0.103. The molecular weight excluding hydrogens is 592 g/mol. The average Bonchev–Trinajstić information content (AvgIpc) is 3.56. The molecule has 4 aromatic heterocycles. The minimum Gasteiger partial charge on any atom is -0.339 e. The van der Waals surface area contributed by atoms with Gasteiger partial charge in [0.05, 0.1) is 23.6 Å². The van der Waals surface area contributed by atoms with E-state index < -0.39 is 0 Å². The topological polar surface area (TPSA) is 75.0 Å². The Balaban J connectivity index is 1.32. The van der Waals surface area contributed by atoms with E-state index in [4.69, 9.17) is 9.97 Å². The first-order valence-corrected chi connectivity index (χ1v) is 13.1. The number of fused-ring (bicyclic) bond motifs is 1. The summed E-state index contributed by atoms with van der Waals surface area (Å²) in [6, 6.07) is 24.7. The SMILES string of the molecule is Cc1cccc(-c2[nH]c(CN(I)Cc3ccccc3-c3ccc(F)cc3)nc2-c2ccc3ncnn3c2)n1. The predicted octanol–water partition coefficient (Wildman–Crippen LogP) is 6.65. The van der Waals surface area contributed by atoms with Crippen LogP contribution in [0.4, 0.5) is 4.39 Å². The van der Waals surface area contributed by atoms with Gasteiger partial charge in [0, 0.05) is 46.9 Å². The molecule has 4 heterocycles. The summed E-state index contributed by atoms with van der Waals surface area (Å²) in [6.45, 7) is 3.25. The Morgan fingerprint density at radius 1 is 0.895 bits per heavy atom. The minimum absolute atomic E-state index is 0.239. The third kappa shape index (κ3) is 5.07. The summed E-state index contributed by atoms with van der Waals surface area (Å²) < 4.78 is 17.4. The summed E-state index contributed by atoms with van der Waals surface area (Å²) in [6.07, 6.45) is 3.47. The van der Waals surface area contributed by atoms with Crippen molar-refractivity contribution < 1.29 is 4.39 Å². The van der Waals surface area contributed by atoms with Gasteiger partial charge in [0.25, 0.3) is 0 Å². The number of pyridine rings is 2. The Morgan fingerprint density at radius 2 is 1.71 bits per heavy atom. The van der Waals surface area contributed by atoms with Crippen LogP contribution < -0.4 is 0 Å². The van der Waals surface area contributed by atoms with Crippen LogP contribution in [0.1, 0.15) is 17.1 Å². The number of H-pyrrole nitrogens is 1. The lowest BCUT2D eigenvalue weighted by molar-refractivity contribution is 0.490. The smallest absolute Gasteiger partial charge is 0.155 e. The molecule has 0 amide bonds. The highest BCUT2D eigenvalue weighted by Gasteiger charge is 2.18. The number of aryl methyl sites for hydroxylation is 1. The van der Waals surface area contributed by atoms with E-state index in [1.807, 2.05) is 67.7 Å². The van der Waals surface area contributed by atoms with Gasteiger partial charge in [-0.2, -0.15) is 5.10 Å². The number of hydrogen-bond donors (Lipinski definition) is 1. The Labute approximate surface area is 232 Å². The summed E-state index contributed by atoms with van der Waals surface area (Å²) in [5.41, 5.74) is 8.36. The molecule has 6 aromatic rings. The third-order valence-electron chi connectivity index (χ3n) is 6.28. The van der Waals surface area contributed by atoms with Gasteiger partial charge in [0.15, 0.2) is 5.65 Å². The Morgan fingerprint density at radius 3 is 2.55 bits per heavy atom. The molecule has 0 unspecified atom stereocenters. The molecular formula is C29H23FIN7. The fourth-order valence-electron chi connectivity index (χ4n) is 4.50. The molecule has 0 aliphatic heterocycles. The summed E-state index contributed by atoms with van der Waals surface area (Å²) in [5, 5.41) is 4.28. The van der Waals surface area contributed by atoms with Crippen LogP contribution in [-0.2, 0) is 13.1 Å². The Bertz CT molecular complexity index is 1730. The first-order valence-electron chi connectivity index (χ1n) is 12.1. The Hall–Kier alpha value is -3.96.